The molecule has 0 radical (unpaired) electrons. The first-order valence-electron chi connectivity index (χ1n) is 8.54. The standard InChI is InChI=1S/C19H29NO/c1-4-16-9-10-18(13-17(16)5-2)19(21)15(3)14-20-11-7-6-8-12-20/h9-10,13,15H,4-8,11-12,14H2,1-3H3. The Balaban J connectivity index is 2.04. The van der Waals surface area contributed by atoms with Crippen LogP contribution in [0.2, 0.25) is 0 Å². The maximum Gasteiger partial charge on any atom is 0.166 e. The van der Waals surface area contributed by atoms with E-state index in [0.717, 1.165) is 38.0 Å². The van der Waals surface area contributed by atoms with Gasteiger partial charge in [0.25, 0.3) is 0 Å². The average Bonchev–Trinajstić information content (AvgIpc) is 2.54. The van der Waals surface area contributed by atoms with Crippen molar-refractivity contribution in [3.05, 3.63) is 34.9 Å². The lowest BCUT2D eigenvalue weighted by molar-refractivity contribution is 0.0883. The second-order valence-electron chi connectivity index (χ2n) is 6.32. The van der Waals surface area contributed by atoms with Crippen LogP contribution < -0.4 is 0 Å². The van der Waals surface area contributed by atoms with Gasteiger partial charge in [0.1, 0.15) is 0 Å². The third kappa shape index (κ3) is 4.16. The zero-order valence-corrected chi connectivity index (χ0v) is 13.8. The number of Topliss-reactive ketones (excluding diaryl/α,β-unsaturated/α-hetero) is 1. The third-order valence-corrected chi connectivity index (χ3v) is 4.68. The Morgan fingerprint density at radius 3 is 2.38 bits per heavy atom. The Morgan fingerprint density at radius 2 is 1.76 bits per heavy atom. The summed E-state index contributed by atoms with van der Waals surface area (Å²) in [5.41, 5.74) is 3.60. The van der Waals surface area contributed by atoms with Gasteiger partial charge in [-0.3, -0.25) is 4.79 Å². The molecule has 1 fully saturated rings. The number of hydrogen-bond donors (Lipinski definition) is 0. The summed E-state index contributed by atoms with van der Waals surface area (Å²) in [6, 6.07) is 6.28. The van der Waals surface area contributed by atoms with E-state index >= 15 is 0 Å². The monoisotopic (exact) mass is 287 g/mol. The van der Waals surface area contributed by atoms with Crippen molar-refractivity contribution in [2.45, 2.75) is 52.9 Å². The molecule has 0 N–H and O–H groups in total. The summed E-state index contributed by atoms with van der Waals surface area (Å²) in [7, 11) is 0. The van der Waals surface area contributed by atoms with E-state index in [9.17, 15) is 4.79 Å². The quantitative estimate of drug-likeness (QED) is 0.734. The maximum absolute atomic E-state index is 12.7. The third-order valence-electron chi connectivity index (χ3n) is 4.68. The highest BCUT2D eigenvalue weighted by molar-refractivity contribution is 5.98. The number of rotatable bonds is 6. The summed E-state index contributed by atoms with van der Waals surface area (Å²) in [4.78, 5) is 15.1. The van der Waals surface area contributed by atoms with Gasteiger partial charge in [-0.25, -0.2) is 0 Å². The van der Waals surface area contributed by atoms with Crippen LogP contribution in [0.1, 0.15) is 61.5 Å². The highest BCUT2D eigenvalue weighted by atomic mass is 16.1. The molecule has 1 saturated heterocycles. The minimum atomic E-state index is 0.0975. The van der Waals surface area contributed by atoms with Crippen molar-refractivity contribution < 1.29 is 4.79 Å². The molecule has 2 nitrogen and oxygen atoms in total. The molecule has 1 aromatic rings. The molecule has 0 aliphatic carbocycles. The predicted octanol–water partition coefficient (Wildman–Crippen LogP) is 4.12. The molecule has 0 aromatic heterocycles. The van der Waals surface area contributed by atoms with E-state index in [-0.39, 0.29) is 5.92 Å². The molecule has 1 atom stereocenters. The SMILES string of the molecule is CCc1ccc(C(=O)C(C)CN2CCCCC2)cc1CC. The number of carbonyl (C=O) groups excluding carboxylic acids is 1. The molecule has 1 unspecified atom stereocenters. The van der Waals surface area contributed by atoms with Gasteiger partial charge in [-0.2, -0.15) is 0 Å². The highest BCUT2D eigenvalue weighted by Gasteiger charge is 2.20. The Labute approximate surface area is 129 Å². The molecule has 0 spiro atoms. The molecule has 1 aromatic carbocycles. The van der Waals surface area contributed by atoms with E-state index in [2.05, 4.69) is 37.8 Å². The normalized spacial score (nSPS) is 17.7. The van der Waals surface area contributed by atoms with E-state index in [1.165, 1.54) is 30.4 Å². The van der Waals surface area contributed by atoms with Gasteiger partial charge in [-0.05, 0) is 56.0 Å². The first-order valence-corrected chi connectivity index (χ1v) is 8.54. The second-order valence-corrected chi connectivity index (χ2v) is 6.32. The largest absolute Gasteiger partial charge is 0.303 e. The van der Waals surface area contributed by atoms with Crippen LogP contribution in [0.25, 0.3) is 0 Å². The van der Waals surface area contributed by atoms with Crippen LogP contribution in [0.5, 0.6) is 0 Å². The van der Waals surface area contributed by atoms with Crippen LogP contribution >= 0.6 is 0 Å². The Bertz CT molecular complexity index is 474. The summed E-state index contributed by atoms with van der Waals surface area (Å²) >= 11 is 0. The Morgan fingerprint density at radius 1 is 1.10 bits per heavy atom. The number of benzene rings is 1. The molecule has 0 amide bonds. The van der Waals surface area contributed by atoms with E-state index in [4.69, 9.17) is 0 Å². The van der Waals surface area contributed by atoms with Gasteiger partial charge in [0.2, 0.25) is 0 Å². The highest BCUT2D eigenvalue weighted by Crippen LogP contribution is 2.18. The Kier molecular flexibility index (Phi) is 5.98. The number of piperidine rings is 1. The summed E-state index contributed by atoms with van der Waals surface area (Å²) in [5, 5.41) is 0. The zero-order chi connectivity index (χ0) is 15.2. The average molecular weight is 287 g/mol. The first-order chi connectivity index (χ1) is 10.2. The van der Waals surface area contributed by atoms with Crippen molar-refractivity contribution in [3.63, 3.8) is 0 Å². The lowest BCUT2D eigenvalue weighted by Gasteiger charge is -2.28. The maximum atomic E-state index is 12.7. The topological polar surface area (TPSA) is 20.3 Å². The minimum Gasteiger partial charge on any atom is -0.303 e. The first kappa shape index (κ1) is 16.2. The smallest absolute Gasteiger partial charge is 0.166 e. The molecule has 2 rings (SSSR count). The van der Waals surface area contributed by atoms with Crippen molar-refractivity contribution in [3.8, 4) is 0 Å². The van der Waals surface area contributed by atoms with Crippen LogP contribution in [0.4, 0.5) is 0 Å². The van der Waals surface area contributed by atoms with Crippen LogP contribution in [0.3, 0.4) is 0 Å². The summed E-state index contributed by atoms with van der Waals surface area (Å²) in [6.07, 6.45) is 5.96. The van der Waals surface area contributed by atoms with E-state index in [1.54, 1.807) is 0 Å². The lowest BCUT2D eigenvalue weighted by atomic mass is 9.93. The molecule has 0 bridgehead atoms. The molecule has 0 saturated carbocycles. The number of aryl methyl sites for hydroxylation is 2. The number of hydrogen-bond acceptors (Lipinski definition) is 2. The fourth-order valence-corrected chi connectivity index (χ4v) is 3.35. The van der Waals surface area contributed by atoms with Gasteiger partial charge >= 0.3 is 0 Å². The molecule has 116 valence electrons. The molecule has 1 aliphatic heterocycles. The fraction of sp³-hybridized carbons (Fsp3) is 0.632. The van der Waals surface area contributed by atoms with E-state index in [1.807, 2.05) is 6.07 Å². The van der Waals surface area contributed by atoms with Crippen molar-refractivity contribution in [1.29, 1.82) is 0 Å². The minimum absolute atomic E-state index is 0.0975. The summed E-state index contributed by atoms with van der Waals surface area (Å²) in [5.74, 6) is 0.401. The van der Waals surface area contributed by atoms with Crippen LogP contribution in [0.15, 0.2) is 18.2 Å². The van der Waals surface area contributed by atoms with Gasteiger partial charge in [-0.15, -0.1) is 0 Å². The number of carbonyl (C=O) groups is 1. The number of likely N-dealkylation sites (tertiary alicyclic amines) is 1. The van der Waals surface area contributed by atoms with Gasteiger partial charge < -0.3 is 4.90 Å². The van der Waals surface area contributed by atoms with Gasteiger partial charge in [0.05, 0.1) is 0 Å². The summed E-state index contributed by atoms with van der Waals surface area (Å²) < 4.78 is 0. The van der Waals surface area contributed by atoms with Crippen molar-refractivity contribution >= 4 is 5.78 Å². The lowest BCUT2D eigenvalue weighted by Crippen LogP contribution is -2.35. The van der Waals surface area contributed by atoms with E-state index in [0.29, 0.717) is 5.78 Å². The second kappa shape index (κ2) is 7.74. The van der Waals surface area contributed by atoms with Gasteiger partial charge in [-0.1, -0.05) is 39.3 Å². The number of ketones is 1. The Hall–Kier alpha value is -1.15. The zero-order valence-electron chi connectivity index (χ0n) is 13.8. The van der Waals surface area contributed by atoms with Crippen LogP contribution in [-0.4, -0.2) is 30.3 Å². The van der Waals surface area contributed by atoms with E-state index < -0.39 is 0 Å². The summed E-state index contributed by atoms with van der Waals surface area (Å²) in [6.45, 7) is 9.65. The predicted molar refractivity (Wildman–Crippen MR) is 89.0 cm³/mol. The molecule has 2 heteroatoms. The van der Waals surface area contributed by atoms with Crippen molar-refractivity contribution in [2.24, 2.45) is 5.92 Å². The van der Waals surface area contributed by atoms with Crippen molar-refractivity contribution in [2.75, 3.05) is 19.6 Å². The van der Waals surface area contributed by atoms with Gasteiger partial charge in [0, 0.05) is 18.0 Å². The molecule has 1 aliphatic rings. The molecule has 21 heavy (non-hydrogen) atoms. The van der Waals surface area contributed by atoms with Gasteiger partial charge in [0.15, 0.2) is 5.78 Å². The molecule has 1 heterocycles. The van der Waals surface area contributed by atoms with Crippen LogP contribution in [-0.2, 0) is 12.8 Å². The van der Waals surface area contributed by atoms with Crippen molar-refractivity contribution in [1.82, 2.24) is 4.90 Å². The molecular formula is C19H29NO. The van der Waals surface area contributed by atoms with Crippen LogP contribution in [0, 0.1) is 5.92 Å². The fourth-order valence-electron chi connectivity index (χ4n) is 3.35. The number of nitrogens with zero attached hydrogens (tertiary/aromatic N) is 1. The molecular weight excluding hydrogens is 258 g/mol.